The summed E-state index contributed by atoms with van der Waals surface area (Å²) in [7, 11) is 0. The molecule has 2 fully saturated rings. The average Bonchev–Trinajstić information content (AvgIpc) is 2.64. The highest BCUT2D eigenvalue weighted by atomic mass is 14.4. The molecule has 0 atom stereocenters. The molecule has 2 saturated carbocycles. The highest BCUT2D eigenvalue weighted by molar-refractivity contribution is 5.03. The van der Waals surface area contributed by atoms with E-state index in [1.54, 1.807) is 0 Å². The highest BCUT2D eigenvalue weighted by Crippen LogP contribution is 2.47. The molecule has 1 nitrogen and oxygen atoms in total. The van der Waals surface area contributed by atoms with E-state index in [4.69, 9.17) is 0 Å². The zero-order chi connectivity index (χ0) is 17.3. The Morgan fingerprint density at radius 2 is 1.62 bits per heavy atom. The molecule has 0 heterocycles. The van der Waals surface area contributed by atoms with Crippen LogP contribution in [0.15, 0.2) is 12.2 Å². The van der Waals surface area contributed by atoms with Gasteiger partial charge in [-0.25, -0.2) is 0 Å². The van der Waals surface area contributed by atoms with Crippen LogP contribution in [0.5, 0.6) is 0 Å². The molecule has 0 spiro atoms. The summed E-state index contributed by atoms with van der Waals surface area (Å²) in [5.74, 6) is 2.91. The van der Waals surface area contributed by atoms with Crippen LogP contribution in [0.1, 0.15) is 104 Å². The fourth-order valence-electron chi connectivity index (χ4n) is 5.17. The van der Waals surface area contributed by atoms with Gasteiger partial charge in [0.25, 0.3) is 0 Å². The number of nitriles is 1. The van der Waals surface area contributed by atoms with E-state index in [1.807, 2.05) is 0 Å². The first-order chi connectivity index (χ1) is 11.7. The molecular formula is C23H39N. The number of nitrogens with zero attached hydrogens (tertiary/aromatic N) is 1. The fraction of sp³-hybridized carbons (Fsp3) is 0.870. The molecule has 0 amide bonds. The van der Waals surface area contributed by atoms with E-state index < -0.39 is 0 Å². The second-order valence-electron chi connectivity index (χ2n) is 8.57. The van der Waals surface area contributed by atoms with Gasteiger partial charge in [-0.05, 0) is 75.5 Å². The van der Waals surface area contributed by atoms with Crippen LogP contribution in [-0.4, -0.2) is 0 Å². The van der Waals surface area contributed by atoms with Gasteiger partial charge in [0, 0.05) is 0 Å². The predicted octanol–water partition coefficient (Wildman–Crippen LogP) is 7.43. The van der Waals surface area contributed by atoms with E-state index in [-0.39, 0.29) is 5.41 Å². The van der Waals surface area contributed by atoms with Crippen molar-refractivity contribution >= 4 is 0 Å². The van der Waals surface area contributed by atoms with Gasteiger partial charge in [0.15, 0.2) is 0 Å². The Hall–Kier alpha value is -0.770. The minimum atomic E-state index is -0.00703. The first kappa shape index (κ1) is 19.6. The van der Waals surface area contributed by atoms with Gasteiger partial charge < -0.3 is 0 Å². The zero-order valence-corrected chi connectivity index (χ0v) is 16.2. The van der Waals surface area contributed by atoms with Gasteiger partial charge >= 0.3 is 0 Å². The number of hydrogen-bond acceptors (Lipinski definition) is 1. The third-order valence-electron chi connectivity index (χ3n) is 6.94. The number of hydrogen-bond donors (Lipinski definition) is 0. The van der Waals surface area contributed by atoms with Crippen LogP contribution in [0.25, 0.3) is 0 Å². The lowest BCUT2D eigenvalue weighted by Crippen LogP contribution is -2.31. The second kappa shape index (κ2) is 10.3. The minimum Gasteiger partial charge on any atom is -0.198 e. The molecule has 0 aromatic rings. The van der Waals surface area contributed by atoms with E-state index >= 15 is 0 Å². The molecule has 2 aliphatic rings. The van der Waals surface area contributed by atoms with Crippen molar-refractivity contribution in [3.8, 4) is 6.07 Å². The molecule has 0 aromatic heterocycles. The van der Waals surface area contributed by atoms with Crippen molar-refractivity contribution in [2.24, 2.45) is 23.2 Å². The Morgan fingerprint density at radius 1 is 0.958 bits per heavy atom. The molecule has 0 bridgehead atoms. The van der Waals surface area contributed by atoms with Crippen molar-refractivity contribution in [2.75, 3.05) is 0 Å². The Balaban J connectivity index is 1.74. The molecule has 1 heteroatoms. The van der Waals surface area contributed by atoms with E-state index in [0.29, 0.717) is 0 Å². The summed E-state index contributed by atoms with van der Waals surface area (Å²) >= 11 is 0. The quantitative estimate of drug-likeness (QED) is 0.425. The topological polar surface area (TPSA) is 23.8 Å². The van der Waals surface area contributed by atoms with Crippen LogP contribution >= 0.6 is 0 Å². The maximum absolute atomic E-state index is 9.74. The second-order valence-corrected chi connectivity index (χ2v) is 8.57. The van der Waals surface area contributed by atoms with E-state index in [9.17, 15) is 5.26 Å². The summed E-state index contributed by atoms with van der Waals surface area (Å²) < 4.78 is 0. The Labute approximate surface area is 150 Å². The monoisotopic (exact) mass is 329 g/mol. The summed E-state index contributed by atoms with van der Waals surface area (Å²) in [5, 5.41) is 9.74. The van der Waals surface area contributed by atoms with Crippen LogP contribution in [0.2, 0.25) is 0 Å². The van der Waals surface area contributed by atoms with Crippen molar-refractivity contribution in [1.29, 1.82) is 5.26 Å². The maximum Gasteiger partial charge on any atom is 0.0689 e. The van der Waals surface area contributed by atoms with Crippen LogP contribution < -0.4 is 0 Å². The third-order valence-corrected chi connectivity index (χ3v) is 6.94. The van der Waals surface area contributed by atoms with Gasteiger partial charge in [0.05, 0.1) is 11.5 Å². The first-order valence-electron chi connectivity index (χ1n) is 10.8. The van der Waals surface area contributed by atoms with Crippen LogP contribution in [0, 0.1) is 34.5 Å². The normalized spacial score (nSPS) is 34.3. The van der Waals surface area contributed by atoms with Gasteiger partial charge in [-0.15, -0.1) is 0 Å². The van der Waals surface area contributed by atoms with Crippen molar-refractivity contribution in [3.05, 3.63) is 12.2 Å². The molecular weight excluding hydrogens is 290 g/mol. The van der Waals surface area contributed by atoms with E-state index in [0.717, 1.165) is 49.9 Å². The Kier molecular flexibility index (Phi) is 8.37. The van der Waals surface area contributed by atoms with Crippen molar-refractivity contribution in [2.45, 2.75) is 104 Å². The zero-order valence-electron chi connectivity index (χ0n) is 16.2. The first-order valence-corrected chi connectivity index (χ1v) is 10.8. The molecule has 0 saturated heterocycles. The largest absolute Gasteiger partial charge is 0.198 e. The summed E-state index contributed by atoms with van der Waals surface area (Å²) in [6, 6.07) is 2.71. The minimum absolute atomic E-state index is 0.00703. The smallest absolute Gasteiger partial charge is 0.0689 e. The SMILES string of the molecule is CC/C=C/CCC1(C#N)CCC(C2CCC(CCCC)CC2)CC1. The Morgan fingerprint density at radius 3 is 2.21 bits per heavy atom. The molecule has 2 aliphatic carbocycles. The molecule has 24 heavy (non-hydrogen) atoms. The molecule has 2 rings (SSSR count). The summed E-state index contributed by atoms with van der Waals surface area (Å²) in [6.07, 6.45) is 22.9. The standard InChI is InChI=1S/C23H39N/c1-3-5-7-8-16-23(19-24)17-14-22(15-18-23)21-12-10-20(11-13-21)9-6-4-2/h5,7,20-22H,3-4,6,8-18H2,1-2H3/b7-5+. The van der Waals surface area contributed by atoms with E-state index in [1.165, 1.54) is 57.8 Å². The van der Waals surface area contributed by atoms with Crippen LogP contribution in [-0.2, 0) is 0 Å². The predicted molar refractivity (Wildman–Crippen MR) is 104 cm³/mol. The maximum atomic E-state index is 9.74. The van der Waals surface area contributed by atoms with Gasteiger partial charge in [0.1, 0.15) is 0 Å². The summed E-state index contributed by atoms with van der Waals surface area (Å²) in [5.41, 5.74) is -0.00703. The molecule has 0 aliphatic heterocycles. The van der Waals surface area contributed by atoms with Crippen molar-refractivity contribution in [3.63, 3.8) is 0 Å². The fourth-order valence-corrected chi connectivity index (χ4v) is 5.17. The number of allylic oxidation sites excluding steroid dienone is 2. The lowest BCUT2D eigenvalue weighted by atomic mass is 9.63. The summed E-state index contributed by atoms with van der Waals surface area (Å²) in [4.78, 5) is 0. The molecule has 0 aromatic carbocycles. The van der Waals surface area contributed by atoms with Gasteiger partial charge in [-0.1, -0.05) is 58.1 Å². The van der Waals surface area contributed by atoms with Gasteiger partial charge in [-0.2, -0.15) is 5.26 Å². The molecule has 136 valence electrons. The number of rotatable bonds is 8. The molecule has 0 unspecified atom stereocenters. The highest BCUT2D eigenvalue weighted by Gasteiger charge is 2.38. The lowest BCUT2D eigenvalue weighted by molar-refractivity contribution is 0.116. The third kappa shape index (κ3) is 5.65. The lowest BCUT2D eigenvalue weighted by Gasteiger charge is -2.40. The summed E-state index contributed by atoms with van der Waals surface area (Å²) in [6.45, 7) is 4.49. The average molecular weight is 330 g/mol. The molecule has 0 radical (unpaired) electrons. The van der Waals surface area contributed by atoms with Crippen molar-refractivity contribution < 1.29 is 0 Å². The van der Waals surface area contributed by atoms with E-state index in [2.05, 4.69) is 32.1 Å². The van der Waals surface area contributed by atoms with Crippen LogP contribution in [0.3, 0.4) is 0 Å². The van der Waals surface area contributed by atoms with Gasteiger partial charge in [0.2, 0.25) is 0 Å². The van der Waals surface area contributed by atoms with Gasteiger partial charge in [-0.3, -0.25) is 0 Å². The van der Waals surface area contributed by atoms with Crippen LogP contribution in [0.4, 0.5) is 0 Å². The van der Waals surface area contributed by atoms with Crippen molar-refractivity contribution in [1.82, 2.24) is 0 Å². The number of unbranched alkanes of at least 4 members (excludes halogenated alkanes) is 1. The Bertz CT molecular complexity index is 400. The molecule has 0 N–H and O–H groups in total.